The molecule has 1 aromatic carbocycles. The highest BCUT2D eigenvalue weighted by Crippen LogP contribution is 2.28. The molecule has 0 atom stereocenters. The second kappa shape index (κ2) is 5.33. The van der Waals surface area contributed by atoms with Crippen LogP contribution in [0.15, 0.2) is 29.2 Å². The molecule has 8 heteroatoms. The van der Waals surface area contributed by atoms with Gasteiger partial charge in [-0.15, -0.1) is 4.33 Å². The lowest BCUT2D eigenvalue weighted by Gasteiger charge is -2.07. The Balaban J connectivity index is 2.86. The summed E-state index contributed by atoms with van der Waals surface area (Å²) in [6.45, 7) is 0. The van der Waals surface area contributed by atoms with Crippen molar-refractivity contribution in [2.75, 3.05) is 11.0 Å². The highest BCUT2D eigenvalue weighted by atomic mass is 32.2. The van der Waals surface area contributed by atoms with E-state index in [1.165, 1.54) is 0 Å². The van der Waals surface area contributed by atoms with Crippen LogP contribution in [0.2, 0.25) is 0 Å². The van der Waals surface area contributed by atoms with Gasteiger partial charge in [-0.1, -0.05) is 17.2 Å². The van der Waals surface area contributed by atoms with Crippen molar-refractivity contribution in [3.63, 3.8) is 0 Å². The molecule has 0 aliphatic heterocycles. The van der Waals surface area contributed by atoms with E-state index >= 15 is 0 Å². The SMILES string of the molecule is CS(=O)(=O)Nc1ccccc1SOOO. The summed E-state index contributed by atoms with van der Waals surface area (Å²) in [5, 5.41) is 11.4. The molecule has 0 saturated heterocycles. The molecule has 0 bridgehead atoms. The van der Waals surface area contributed by atoms with Crippen LogP contribution in [0.4, 0.5) is 5.69 Å². The molecule has 0 aliphatic carbocycles. The maximum atomic E-state index is 11.0. The van der Waals surface area contributed by atoms with Crippen molar-refractivity contribution in [1.82, 2.24) is 0 Å². The zero-order valence-electron chi connectivity index (χ0n) is 7.71. The van der Waals surface area contributed by atoms with E-state index in [0.717, 1.165) is 6.26 Å². The molecular formula is C7H9NO5S2. The molecule has 6 nitrogen and oxygen atoms in total. The first kappa shape index (κ1) is 12.3. The highest BCUT2D eigenvalue weighted by Gasteiger charge is 2.08. The molecule has 0 fully saturated rings. The van der Waals surface area contributed by atoms with E-state index in [1.807, 2.05) is 0 Å². The summed E-state index contributed by atoms with van der Waals surface area (Å²) in [7, 11) is -3.35. The number of hydrogen-bond donors (Lipinski definition) is 2. The van der Waals surface area contributed by atoms with Crippen LogP contribution < -0.4 is 4.72 Å². The quantitative estimate of drug-likeness (QED) is 0.468. The Morgan fingerprint density at radius 1 is 1.40 bits per heavy atom. The Labute approximate surface area is 91.3 Å². The van der Waals surface area contributed by atoms with Crippen molar-refractivity contribution in [1.29, 1.82) is 0 Å². The first-order valence-corrected chi connectivity index (χ1v) is 6.38. The summed E-state index contributed by atoms with van der Waals surface area (Å²) in [6.07, 6.45) is 1.04. The van der Waals surface area contributed by atoms with Crippen LogP contribution in [0.3, 0.4) is 0 Å². The van der Waals surface area contributed by atoms with Gasteiger partial charge >= 0.3 is 0 Å². The van der Waals surface area contributed by atoms with E-state index < -0.39 is 10.0 Å². The van der Waals surface area contributed by atoms with Crippen LogP contribution in [-0.2, 0) is 19.4 Å². The molecule has 0 saturated carbocycles. The van der Waals surface area contributed by atoms with E-state index in [4.69, 9.17) is 5.26 Å². The number of anilines is 1. The lowest BCUT2D eigenvalue weighted by molar-refractivity contribution is -0.432. The fourth-order valence-electron chi connectivity index (χ4n) is 0.875. The Hall–Kier alpha value is -0.800. The fraction of sp³-hybridized carbons (Fsp3) is 0.143. The largest absolute Gasteiger partial charge is 0.283 e. The molecule has 0 spiro atoms. The second-order valence-corrected chi connectivity index (χ2v) is 5.09. The van der Waals surface area contributed by atoms with Gasteiger partial charge in [0.1, 0.15) is 0 Å². The van der Waals surface area contributed by atoms with Crippen molar-refractivity contribution in [2.24, 2.45) is 0 Å². The lowest BCUT2D eigenvalue weighted by atomic mass is 10.3. The average molecular weight is 251 g/mol. The third-order valence-electron chi connectivity index (χ3n) is 1.34. The van der Waals surface area contributed by atoms with Gasteiger partial charge in [0.2, 0.25) is 10.0 Å². The molecule has 2 N–H and O–H groups in total. The van der Waals surface area contributed by atoms with Gasteiger partial charge in [0.15, 0.2) is 0 Å². The van der Waals surface area contributed by atoms with Crippen LogP contribution in [0.1, 0.15) is 0 Å². The number of nitrogens with one attached hydrogen (secondary N) is 1. The minimum absolute atomic E-state index is 0.349. The van der Waals surface area contributed by atoms with Crippen LogP contribution in [0, 0.1) is 0 Å². The third-order valence-corrected chi connectivity index (χ3v) is 2.59. The maximum Gasteiger partial charge on any atom is 0.229 e. The standard InChI is InChI=1S/C7H9NO5S2/c1-15(10,11)8-6-4-2-3-5-7(6)14-13-12-9/h2-5,8-9H,1H3. The van der Waals surface area contributed by atoms with Gasteiger partial charge in [-0.2, -0.15) is 0 Å². The van der Waals surface area contributed by atoms with Gasteiger partial charge in [0.05, 0.1) is 28.9 Å². The van der Waals surface area contributed by atoms with Gasteiger partial charge in [0.25, 0.3) is 0 Å². The summed E-state index contributed by atoms with van der Waals surface area (Å²) < 4.78 is 28.5. The van der Waals surface area contributed by atoms with Gasteiger partial charge in [-0.3, -0.25) is 4.72 Å². The van der Waals surface area contributed by atoms with Crippen molar-refractivity contribution >= 4 is 27.8 Å². The van der Waals surface area contributed by atoms with Gasteiger partial charge < -0.3 is 0 Å². The second-order valence-electron chi connectivity index (χ2n) is 2.60. The molecule has 0 unspecified atom stereocenters. The Kier molecular flexibility index (Phi) is 4.36. The molecule has 0 heterocycles. The van der Waals surface area contributed by atoms with E-state index in [0.29, 0.717) is 22.6 Å². The predicted octanol–water partition coefficient (Wildman–Crippen LogP) is 1.49. The zero-order chi connectivity index (χ0) is 11.3. The summed E-state index contributed by atoms with van der Waals surface area (Å²) in [4.78, 5) is 0.469. The molecule has 0 amide bonds. The maximum absolute atomic E-state index is 11.0. The number of sulfonamides is 1. The fourth-order valence-corrected chi connectivity index (χ4v) is 1.96. The van der Waals surface area contributed by atoms with Crippen LogP contribution >= 0.6 is 12.0 Å². The molecule has 0 radical (unpaired) electrons. The van der Waals surface area contributed by atoms with Crippen molar-refractivity contribution in [2.45, 2.75) is 4.90 Å². The topological polar surface area (TPSA) is 84.9 Å². The van der Waals surface area contributed by atoms with Gasteiger partial charge in [0, 0.05) is 0 Å². The Morgan fingerprint density at radius 2 is 2.07 bits per heavy atom. The molecule has 0 aromatic heterocycles. The third kappa shape index (κ3) is 4.49. The van der Waals surface area contributed by atoms with Crippen molar-refractivity contribution in [3.8, 4) is 0 Å². The van der Waals surface area contributed by atoms with Crippen LogP contribution in [0.25, 0.3) is 0 Å². The molecule has 84 valence electrons. The number of hydrogen-bond acceptors (Lipinski definition) is 6. The van der Waals surface area contributed by atoms with E-state index in [2.05, 4.69) is 14.1 Å². The first-order chi connectivity index (χ1) is 7.03. The number of benzene rings is 1. The van der Waals surface area contributed by atoms with E-state index in [-0.39, 0.29) is 0 Å². The monoisotopic (exact) mass is 251 g/mol. The Morgan fingerprint density at radius 3 is 2.67 bits per heavy atom. The average Bonchev–Trinajstić information content (AvgIpc) is 2.14. The summed E-state index contributed by atoms with van der Waals surface area (Å²) in [5.74, 6) is 0. The summed E-state index contributed by atoms with van der Waals surface area (Å²) in [5.41, 5.74) is 0.349. The molecule has 0 aliphatic rings. The molecule has 15 heavy (non-hydrogen) atoms. The van der Waals surface area contributed by atoms with Crippen LogP contribution in [-0.4, -0.2) is 19.9 Å². The van der Waals surface area contributed by atoms with E-state index in [1.54, 1.807) is 24.3 Å². The predicted molar refractivity (Wildman–Crippen MR) is 55.6 cm³/mol. The molecule has 1 aromatic rings. The molecular weight excluding hydrogens is 242 g/mol. The van der Waals surface area contributed by atoms with Crippen molar-refractivity contribution < 1.29 is 23.0 Å². The number of para-hydroxylation sites is 1. The molecule has 1 rings (SSSR count). The smallest absolute Gasteiger partial charge is 0.229 e. The minimum Gasteiger partial charge on any atom is -0.283 e. The zero-order valence-corrected chi connectivity index (χ0v) is 9.34. The first-order valence-electron chi connectivity index (χ1n) is 3.74. The summed E-state index contributed by atoms with van der Waals surface area (Å²) >= 11 is 0.689. The van der Waals surface area contributed by atoms with Gasteiger partial charge in [-0.25, -0.2) is 13.7 Å². The van der Waals surface area contributed by atoms with Crippen molar-refractivity contribution in [3.05, 3.63) is 24.3 Å². The highest BCUT2D eigenvalue weighted by molar-refractivity contribution is 7.95. The van der Waals surface area contributed by atoms with E-state index in [9.17, 15) is 8.42 Å². The summed E-state index contributed by atoms with van der Waals surface area (Å²) in [6, 6.07) is 6.52. The normalized spacial score (nSPS) is 11.3. The lowest BCUT2D eigenvalue weighted by Crippen LogP contribution is -2.10. The van der Waals surface area contributed by atoms with Gasteiger partial charge in [-0.05, 0) is 12.1 Å². The Bertz CT molecular complexity index is 419. The van der Waals surface area contributed by atoms with Crippen LogP contribution in [0.5, 0.6) is 0 Å². The number of rotatable bonds is 5. The minimum atomic E-state index is -3.35.